The molecule has 138 valence electrons. The summed E-state index contributed by atoms with van der Waals surface area (Å²) in [6, 6.07) is 16.1. The maximum atomic E-state index is 12.2. The van der Waals surface area contributed by atoms with Crippen LogP contribution < -0.4 is 10.6 Å². The summed E-state index contributed by atoms with van der Waals surface area (Å²) in [6.45, 7) is 4.54. The van der Waals surface area contributed by atoms with E-state index < -0.39 is 11.9 Å². The third-order valence-corrected chi connectivity index (χ3v) is 3.65. The van der Waals surface area contributed by atoms with E-state index >= 15 is 0 Å². The zero-order valence-corrected chi connectivity index (χ0v) is 15.3. The van der Waals surface area contributed by atoms with Gasteiger partial charge in [-0.15, -0.1) is 0 Å². The van der Waals surface area contributed by atoms with Crippen LogP contribution in [0.25, 0.3) is 0 Å². The number of nitrogens with one attached hydrogen (secondary N) is 2. The van der Waals surface area contributed by atoms with Crippen LogP contribution in [-0.4, -0.2) is 18.5 Å². The first-order valence-electron chi connectivity index (χ1n) is 8.51. The number of esters is 1. The topological polar surface area (TPSA) is 91.2 Å². The molecule has 6 heteroatoms. The van der Waals surface area contributed by atoms with Gasteiger partial charge >= 0.3 is 5.97 Å². The van der Waals surface area contributed by atoms with Crippen molar-refractivity contribution >= 4 is 17.6 Å². The third-order valence-electron chi connectivity index (χ3n) is 3.65. The summed E-state index contributed by atoms with van der Waals surface area (Å²) < 4.78 is 4.91. The molecule has 0 atom stereocenters. The van der Waals surface area contributed by atoms with Crippen LogP contribution in [0.3, 0.4) is 0 Å². The Morgan fingerprint density at radius 1 is 1.19 bits per heavy atom. The molecule has 0 unspecified atom stereocenters. The molecule has 0 aliphatic heterocycles. The summed E-state index contributed by atoms with van der Waals surface area (Å²) in [5.41, 5.74) is 3.03. The second-order valence-corrected chi connectivity index (χ2v) is 5.79. The van der Waals surface area contributed by atoms with Crippen molar-refractivity contribution in [2.45, 2.75) is 20.4 Å². The highest BCUT2D eigenvalue weighted by molar-refractivity contribution is 6.06. The number of hydrogen-bond donors (Lipinski definition) is 2. The molecule has 0 saturated carbocycles. The van der Waals surface area contributed by atoms with E-state index in [0.717, 1.165) is 11.1 Å². The highest BCUT2D eigenvalue weighted by Gasteiger charge is 2.10. The SMILES string of the molecule is CCOC(=O)c1ccc(NC(=O)/C(C#N)=C\NCc2cccc(C)c2)cc1. The number of carbonyl (C=O) groups is 2. The Balaban J connectivity index is 1.96. The molecule has 0 radical (unpaired) electrons. The molecule has 2 rings (SSSR count). The molecule has 0 bridgehead atoms. The van der Waals surface area contributed by atoms with Crippen LogP contribution in [0.4, 0.5) is 5.69 Å². The van der Waals surface area contributed by atoms with Crippen molar-refractivity contribution in [2.24, 2.45) is 0 Å². The number of nitriles is 1. The van der Waals surface area contributed by atoms with E-state index in [0.29, 0.717) is 24.4 Å². The molecule has 2 N–H and O–H groups in total. The molecule has 0 aliphatic carbocycles. The van der Waals surface area contributed by atoms with Gasteiger partial charge in [-0.1, -0.05) is 29.8 Å². The van der Waals surface area contributed by atoms with Crippen LogP contribution >= 0.6 is 0 Å². The standard InChI is InChI=1S/C21H21N3O3/c1-3-27-21(26)17-7-9-19(10-8-17)24-20(25)18(12-22)14-23-13-16-6-4-5-15(2)11-16/h4-11,14,23H,3,13H2,1-2H3,(H,24,25)/b18-14-. The van der Waals surface area contributed by atoms with Crippen molar-refractivity contribution in [1.29, 1.82) is 5.26 Å². The molecule has 27 heavy (non-hydrogen) atoms. The zero-order chi connectivity index (χ0) is 19.6. The van der Waals surface area contributed by atoms with Gasteiger partial charge in [0.05, 0.1) is 12.2 Å². The summed E-state index contributed by atoms with van der Waals surface area (Å²) in [7, 11) is 0. The Kier molecular flexibility index (Phi) is 7.15. The first-order valence-corrected chi connectivity index (χ1v) is 8.51. The predicted octanol–water partition coefficient (Wildman–Crippen LogP) is 3.31. The predicted molar refractivity (Wildman–Crippen MR) is 103 cm³/mol. The largest absolute Gasteiger partial charge is 0.462 e. The number of anilines is 1. The number of benzene rings is 2. The Labute approximate surface area is 158 Å². The van der Waals surface area contributed by atoms with Gasteiger partial charge in [-0.25, -0.2) is 4.79 Å². The van der Waals surface area contributed by atoms with Crippen molar-refractivity contribution in [1.82, 2.24) is 5.32 Å². The van der Waals surface area contributed by atoms with Gasteiger partial charge < -0.3 is 15.4 Å². The van der Waals surface area contributed by atoms with Gasteiger partial charge in [0.25, 0.3) is 5.91 Å². The van der Waals surface area contributed by atoms with Crippen molar-refractivity contribution < 1.29 is 14.3 Å². The van der Waals surface area contributed by atoms with Crippen LogP contribution in [0.5, 0.6) is 0 Å². The molecular formula is C21H21N3O3. The van der Waals surface area contributed by atoms with Crippen LogP contribution in [-0.2, 0) is 16.1 Å². The van der Waals surface area contributed by atoms with Crippen molar-refractivity contribution in [3.8, 4) is 6.07 Å². The minimum Gasteiger partial charge on any atom is -0.462 e. The number of nitrogens with zero attached hydrogens (tertiary/aromatic N) is 1. The van der Waals surface area contributed by atoms with Crippen molar-refractivity contribution in [2.75, 3.05) is 11.9 Å². The van der Waals surface area contributed by atoms with Gasteiger partial charge in [-0.2, -0.15) is 5.26 Å². The molecular weight excluding hydrogens is 342 g/mol. The minimum absolute atomic E-state index is 0.0443. The fourth-order valence-corrected chi connectivity index (χ4v) is 2.34. The van der Waals surface area contributed by atoms with Gasteiger partial charge in [0.2, 0.25) is 0 Å². The lowest BCUT2D eigenvalue weighted by Gasteiger charge is -2.07. The monoisotopic (exact) mass is 363 g/mol. The highest BCUT2D eigenvalue weighted by Crippen LogP contribution is 2.12. The average molecular weight is 363 g/mol. The Hall–Kier alpha value is -3.59. The van der Waals surface area contributed by atoms with Crippen LogP contribution in [0.2, 0.25) is 0 Å². The van der Waals surface area contributed by atoms with E-state index in [1.165, 1.54) is 6.20 Å². The van der Waals surface area contributed by atoms with Gasteiger partial charge in [0.15, 0.2) is 0 Å². The Morgan fingerprint density at radius 2 is 1.93 bits per heavy atom. The molecule has 6 nitrogen and oxygen atoms in total. The first-order chi connectivity index (χ1) is 13.0. The molecule has 0 aromatic heterocycles. The molecule has 2 aromatic carbocycles. The summed E-state index contributed by atoms with van der Waals surface area (Å²) in [4.78, 5) is 23.8. The van der Waals surface area contributed by atoms with E-state index in [9.17, 15) is 14.9 Å². The molecule has 0 heterocycles. The summed E-state index contributed by atoms with van der Waals surface area (Å²) >= 11 is 0. The lowest BCUT2D eigenvalue weighted by atomic mass is 10.1. The number of amides is 1. The van der Waals surface area contributed by atoms with E-state index in [1.807, 2.05) is 37.3 Å². The average Bonchev–Trinajstić information content (AvgIpc) is 2.66. The summed E-state index contributed by atoms with van der Waals surface area (Å²) in [6.07, 6.45) is 1.39. The van der Waals surface area contributed by atoms with E-state index in [1.54, 1.807) is 31.2 Å². The zero-order valence-electron chi connectivity index (χ0n) is 15.3. The maximum Gasteiger partial charge on any atom is 0.338 e. The van der Waals surface area contributed by atoms with E-state index in [-0.39, 0.29) is 5.57 Å². The third kappa shape index (κ3) is 6.01. The van der Waals surface area contributed by atoms with Gasteiger partial charge in [-0.05, 0) is 43.7 Å². The second kappa shape index (κ2) is 9.78. The van der Waals surface area contributed by atoms with Gasteiger partial charge in [-0.3, -0.25) is 4.79 Å². The smallest absolute Gasteiger partial charge is 0.338 e. The molecule has 0 aliphatic rings. The normalized spacial score (nSPS) is 10.6. The second-order valence-electron chi connectivity index (χ2n) is 5.79. The van der Waals surface area contributed by atoms with E-state index in [2.05, 4.69) is 10.6 Å². The van der Waals surface area contributed by atoms with Gasteiger partial charge in [0, 0.05) is 18.4 Å². The number of aryl methyl sites for hydroxylation is 1. The fraction of sp³-hybridized carbons (Fsp3) is 0.190. The summed E-state index contributed by atoms with van der Waals surface area (Å²) in [5.74, 6) is -0.952. The highest BCUT2D eigenvalue weighted by atomic mass is 16.5. The van der Waals surface area contributed by atoms with Crippen molar-refractivity contribution in [3.63, 3.8) is 0 Å². The fourth-order valence-electron chi connectivity index (χ4n) is 2.34. The molecule has 0 fully saturated rings. The number of carbonyl (C=O) groups excluding carboxylic acids is 2. The number of hydrogen-bond acceptors (Lipinski definition) is 5. The lowest BCUT2D eigenvalue weighted by molar-refractivity contribution is -0.112. The minimum atomic E-state index is -0.530. The first kappa shape index (κ1) is 19.7. The number of rotatable bonds is 7. The van der Waals surface area contributed by atoms with Gasteiger partial charge in [0.1, 0.15) is 11.6 Å². The molecule has 0 spiro atoms. The van der Waals surface area contributed by atoms with Crippen LogP contribution in [0.15, 0.2) is 60.3 Å². The Morgan fingerprint density at radius 3 is 2.56 bits per heavy atom. The van der Waals surface area contributed by atoms with Crippen LogP contribution in [0, 0.1) is 18.3 Å². The lowest BCUT2D eigenvalue weighted by Crippen LogP contribution is -2.16. The quantitative estimate of drug-likeness (QED) is 0.447. The Bertz CT molecular complexity index is 880. The van der Waals surface area contributed by atoms with E-state index in [4.69, 9.17) is 4.74 Å². The molecule has 1 amide bonds. The molecule has 0 saturated heterocycles. The molecule has 2 aromatic rings. The summed E-state index contributed by atoms with van der Waals surface area (Å²) in [5, 5.41) is 14.8. The van der Waals surface area contributed by atoms with Crippen LogP contribution in [0.1, 0.15) is 28.4 Å². The number of ether oxygens (including phenoxy) is 1. The van der Waals surface area contributed by atoms with Crippen molar-refractivity contribution in [3.05, 3.63) is 77.0 Å². The maximum absolute atomic E-state index is 12.2.